The van der Waals surface area contributed by atoms with Crippen molar-refractivity contribution in [1.82, 2.24) is 4.90 Å². The highest BCUT2D eigenvalue weighted by atomic mass is 16.5. The lowest BCUT2D eigenvalue weighted by Gasteiger charge is -2.22. The molecule has 15 heavy (non-hydrogen) atoms. The van der Waals surface area contributed by atoms with Crippen molar-refractivity contribution < 1.29 is 9.53 Å². The number of rotatable bonds is 8. The highest BCUT2D eigenvalue weighted by Crippen LogP contribution is 2.32. The Morgan fingerprint density at radius 1 is 1.47 bits per heavy atom. The van der Waals surface area contributed by atoms with Crippen LogP contribution in [0.5, 0.6) is 0 Å². The van der Waals surface area contributed by atoms with Crippen molar-refractivity contribution in [3.8, 4) is 0 Å². The van der Waals surface area contributed by atoms with E-state index >= 15 is 0 Å². The lowest BCUT2D eigenvalue weighted by Crippen LogP contribution is -2.35. The molecule has 0 aromatic heterocycles. The molecule has 1 aliphatic rings. The molecule has 1 amide bonds. The van der Waals surface area contributed by atoms with Gasteiger partial charge in [0.05, 0.1) is 6.61 Å². The largest absolute Gasteiger partial charge is 0.383 e. The van der Waals surface area contributed by atoms with Gasteiger partial charge < -0.3 is 15.4 Å². The maximum Gasteiger partial charge on any atom is 0.222 e. The number of nitrogens with two attached hydrogens (primary N) is 1. The molecular weight excluding hydrogens is 192 g/mol. The fourth-order valence-electron chi connectivity index (χ4n) is 1.54. The number of carbonyl (C=O) groups excluding carboxylic acids is 1. The average molecular weight is 214 g/mol. The molecule has 2 N–H and O–H groups in total. The zero-order valence-corrected chi connectivity index (χ0v) is 9.58. The van der Waals surface area contributed by atoms with Gasteiger partial charge in [-0.1, -0.05) is 0 Å². The van der Waals surface area contributed by atoms with Gasteiger partial charge in [-0.05, 0) is 31.7 Å². The summed E-state index contributed by atoms with van der Waals surface area (Å²) in [5.41, 5.74) is 5.45. The molecule has 0 heterocycles. The van der Waals surface area contributed by atoms with E-state index in [-0.39, 0.29) is 5.91 Å². The van der Waals surface area contributed by atoms with Gasteiger partial charge in [-0.2, -0.15) is 0 Å². The van der Waals surface area contributed by atoms with Crippen LogP contribution in [0, 0.1) is 5.92 Å². The first-order chi connectivity index (χ1) is 7.27. The zero-order chi connectivity index (χ0) is 11.1. The van der Waals surface area contributed by atoms with E-state index in [0.717, 1.165) is 13.0 Å². The number of hydrogen-bond donors (Lipinski definition) is 1. The minimum absolute atomic E-state index is 0.267. The van der Waals surface area contributed by atoms with Crippen molar-refractivity contribution >= 4 is 5.91 Å². The van der Waals surface area contributed by atoms with E-state index in [1.807, 2.05) is 4.90 Å². The summed E-state index contributed by atoms with van der Waals surface area (Å²) in [6.07, 6.45) is 4.04. The molecule has 0 saturated heterocycles. The van der Waals surface area contributed by atoms with Gasteiger partial charge in [-0.25, -0.2) is 0 Å². The molecule has 1 aliphatic carbocycles. The van der Waals surface area contributed by atoms with Gasteiger partial charge in [0, 0.05) is 26.6 Å². The number of hydrogen-bond acceptors (Lipinski definition) is 3. The molecule has 88 valence electrons. The summed E-state index contributed by atoms with van der Waals surface area (Å²) < 4.78 is 5.00. The van der Waals surface area contributed by atoms with Crippen molar-refractivity contribution in [3.63, 3.8) is 0 Å². The van der Waals surface area contributed by atoms with Crippen molar-refractivity contribution in [2.45, 2.75) is 25.7 Å². The van der Waals surface area contributed by atoms with E-state index in [2.05, 4.69) is 0 Å². The SMILES string of the molecule is COCCN(CCCN)C(=O)CC1CC1. The Morgan fingerprint density at radius 2 is 2.20 bits per heavy atom. The van der Waals surface area contributed by atoms with E-state index in [0.29, 0.717) is 32.0 Å². The van der Waals surface area contributed by atoms with Gasteiger partial charge in [-0.3, -0.25) is 4.79 Å². The first-order valence-electron chi connectivity index (χ1n) is 5.74. The van der Waals surface area contributed by atoms with E-state index in [9.17, 15) is 4.79 Å². The monoisotopic (exact) mass is 214 g/mol. The molecule has 4 nitrogen and oxygen atoms in total. The van der Waals surface area contributed by atoms with E-state index in [1.54, 1.807) is 7.11 Å². The number of ether oxygens (including phenoxy) is 1. The van der Waals surface area contributed by atoms with Gasteiger partial charge in [-0.15, -0.1) is 0 Å². The molecule has 0 spiro atoms. The third kappa shape index (κ3) is 5.14. The molecule has 0 aliphatic heterocycles. The average Bonchev–Trinajstić information content (AvgIpc) is 3.02. The molecule has 0 aromatic rings. The third-order valence-electron chi connectivity index (χ3n) is 2.71. The third-order valence-corrected chi connectivity index (χ3v) is 2.71. The van der Waals surface area contributed by atoms with Gasteiger partial charge in [0.2, 0.25) is 5.91 Å². The van der Waals surface area contributed by atoms with Crippen molar-refractivity contribution in [1.29, 1.82) is 0 Å². The predicted molar refractivity (Wildman–Crippen MR) is 59.5 cm³/mol. The Bertz CT molecular complexity index is 185. The fraction of sp³-hybridized carbons (Fsp3) is 0.909. The van der Waals surface area contributed by atoms with E-state index in [4.69, 9.17) is 10.5 Å². The normalized spacial score (nSPS) is 15.3. The Kier molecular flexibility index (Phi) is 5.65. The first-order valence-corrected chi connectivity index (χ1v) is 5.74. The highest BCUT2D eigenvalue weighted by Gasteiger charge is 2.26. The van der Waals surface area contributed by atoms with Gasteiger partial charge in [0.15, 0.2) is 0 Å². The molecule has 1 fully saturated rings. The van der Waals surface area contributed by atoms with Crippen molar-refractivity contribution in [2.75, 3.05) is 33.4 Å². The molecule has 1 rings (SSSR count). The molecule has 0 radical (unpaired) electrons. The molecule has 0 atom stereocenters. The minimum Gasteiger partial charge on any atom is -0.383 e. The molecule has 0 aromatic carbocycles. The number of amides is 1. The maximum atomic E-state index is 11.8. The standard InChI is InChI=1S/C11H22N2O2/c1-15-8-7-13(6-2-5-12)11(14)9-10-3-4-10/h10H,2-9,12H2,1H3. The second kappa shape index (κ2) is 6.80. The minimum atomic E-state index is 0.267. The second-order valence-electron chi connectivity index (χ2n) is 4.16. The van der Waals surface area contributed by atoms with Crippen LogP contribution in [-0.2, 0) is 9.53 Å². The summed E-state index contributed by atoms with van der Waals surface area (Å²) in [6.45, 7) is 2.72. The molecule has 4 heteroatoms. The summed E-state index contributed by atoms with van der Waals surface area (Å²) in [5, 5.41) is 0. The molecular formula is C11H22N2O2. The van der Waals surface area contributed by atoms with Crippen LogP contribution in [-0.4, -0.2) is 44.2 Å². The van der Waals surface area contributed by atoms with Crippen LogP contribution in [0.4, 0.5) is 0 Å². The Balaban J connectivity index is 2.26. The number of carbonyl (C=O) groups is 1. The summed E-state index contributed by atoms with van der Waals surface area (Å²) in [7, 11) is 1.66. The van der Waals surface area contributed by atoms with Crippen molar-refractivity contribution in [2.24, 2.45) is 11.7 Å². The van der Waals surface area contributed by atoms with Crippen LogP contribution < -0.4 is 5.73 Å². The number of nitrogens with zero attached hydrogens (tertiary/aromatic N) is 1. The maximum absolute atomic E-state index is 11.8. The summed E-state index contributed by atoms with van der Waals surface area (Å²) in [6, 6.07) is 0. The topological polar surface area (TPSA) is 55.6 Å². The second-order valence-corrected chi connectivity index (χ2v) is 4.16. The zero-order valence-electron chi connectivity index (χ0n) is 9.58. The van der Waals surface area contributed by atoms with Gasteiger partial charge >= 0.3 is 0 Å². The lowest BCUT2D eigenvalue weighted by atomic mass is 10.2. The van der Waals surface area contributed by atoms with Gasteiger partial charge in [0.1, 0.15) is 0 Å². The number of methoxy groups -OCH3 is 1. The van der Waals surface area contributed by atoms with E-state index < -0.39 is 0 Å². The van der Waals surface area contributed by atoms with Crippen LogP contribution in [0.2, 0.25) is 0 Å². The first kappa shape index (κ1) is 12.5. The van der Waals surface area contributed by atoms with Crippen LogP contribution in [0.15, 0.2) is 0 Å². The van der Waals surface area contributed by atoms with Crippen LogP contribution >= 0.6 is 0 Å². The van der Waals surface area contributed by atoms with E-state index in [1.165, 1.54) is 12.8 Å². The Morgan fingerprint density at radius 3 is 2.73 bits per heavy atom. The predicted octanol–water partition coefficient (Wildman–Crippen LogP) is 0.610. The van der Waals surface area contributed by atoms with Gasteiger partial charge in [0.25, 0.3) is 0 Å². The lowest BCUT2D eigenvalue weighted by molar-refractivity contribution is -0.132. The molecule has 0 bridgehead atoms. The molecule has 0 unspecified atom stereocenters. The highest BCUT2D eigenvalue weighted by molar-refractivity contribution is 5.76. The van der Waals surface area contributed by atoms with Crippen LogP contribution in [0.1, 0.15) is 25.7 Å². The van der Waals surface area contributed by atoms with Crippen molar-refractivity contribution in [3.05, 3.63) is 0 Å². The fourth-order valence-corrected chi connectivity index (χ4v) is 1.54. The Hall–Kier alpha value is -0.610. The Labute approximate surface area is 91.8 Å². The summed E-state index contributed by atoms with van der Waals surface area (Å²) in [5.74, 6) is 0.920. The molecule has 1 saturated carbocycles. The quantitative estimate of drug-likeness (QED) is 0.644. The smallest absolute Gasteiger partial charge is 0.222 e. The van der Waals surface area contributed by atoms with Crippen LogP contribution in [0.25, 0.3) is 0 Å². The summed E-state index contributed by atoms with van der Waals surface area (Å²) >= 11 is 0. The summed E-state index contributed by atoms with van der Waals surface area (Å²) in [4.78, 5) is 13.7. The van der Waals surface area contributed by atoms with Crippen LogP contribution in [0.3, 0.4) is 0 Å².